The van der Waals surface area contributed by atoms with Crippen LogP contribution in [-0.4, -0.2) is 12.0 Å². The summed E-state index contributed by atoms with van der Waals surface area (Å²) in [5.74, 6) is 1.38. The predicted molar refractivity (Wildman–Crippen MR) is 103 cm³/mol. The minimum absolute atomic E-state index is 0.394. The highest BCUT2D eigenvalue weighted by Gasteiger charge is 2.51. The van der Waals surface area contributed by atoms with Crippen LogP contribution in [0.15, 0.2) is 0 Å². The summed E-state index contributed by atoms with van der Waals surface area (Å²) < 4.78 is 0. The first-order valence-corrected chi connectivity index (χ1v) is 11.6. The molecule has 5 fully saturated rings. The first kappa shape index (κ1) is 20.2. The number of hydrogen-bond acceptors (Lipinski definition) is 2. The highest BCUT2D eigenvalue weighted by molar-refractivity contribution is 5.73. The molecule has 0 radical (unpaired) electrons. The van der Waals surface area contributed by atoms with Crippen molar-refractivity contribution in [1.82, 2.24) is 0 Å². The van der Waals surface area contributed by atoms with Crippen molar-refractivity contribution in [2.75, 3.05) is 0 Å². The average Bonchev–Trinajstić information content (AvgIpc) is 2.57. The molecule has 0 heterocycles. The van der Waals surface area contributed by atoms with Gasteiger partial charge in [-0.25, -0.2) is 0 Å². The molecule has 0 unspecified atom stereocenters. The van der Waals surface area contributed by atoms with Crippen LogP contribution in [0.4, 0.5) is 0 Å². The summed E-state index contributed by atoms with van der Waals surface area (Å²) in [4.78, 5) is 11.1. The Labute approximate surface area is 160 Å². The second kappa shape index (κ2) is 9.57. The van der Waals surface area contributed by atoms with Gasteiger partial charge in [-0.1, -0.05) is 44.9 Å². The van der Waals surface area contributed by atoms with Crippen molar-refractivity contribution in [3.8, 4) is 0 Å². The quantitative estimate of drug-likeness (QED) is 0.769. The Morgan fingerprint density at radius 2 is 1.04 bits per heavy atom. The van der Waals surface area contributed by atoms with Crippen LogP contribution in [0.2, 0.25) is 0 Å². The first-order valence-electron chi connectivity index (χ1n) is 11.6. The zero-order valence-corrected chi connectivity index (χ0v) is 16.9. The molecule has 0 aliphatic heterocycles. The third kappa shape index (κ3) is 5.47. The highest BCUT2D eigenvalue weighted by Crippen LogP contribution is 2.59. The average molecular weight is 364 g/mol. The van der Waals surface area contributed by atoms with E-state index in [1.807, 2.05) is 0 Å². The molecule has 5 rings (SSSR count). The summed E-state index contributed by atoms with van der Waals surface area (Å²) in [6, 6.07) is 0.749. The van der Waals surface area contributed by atoms with E-state index in [0.717, 1.165) is 25.3 Å². The van der Waals surface area contributed by atoms with Gasteiger partial charge in [0.05, 0.1) is 6.04 Å². The van der Waals surface area contributed by atoms with E-state index in [-0.39, 0.29) is 0 Å². The van der Waals surface area contributed by atoms with Gasteiger partial charge in [-0.15, -0.1) is 0 Å². The highest BCUT2D eigenvalue weighted by atomic mass is 16.4. The molecular weight excluding hydrogens is 322 g/mol. The molecule has 0 aromatic heterocycles. The van der Waals surface area contributed by atoms with E-state index in [2.05, 4.69) is 5.73 Å². The van der Waals surface area contributed by atoms with Crippen molar-refractivity contribution in [3.05, 3.63) is 0 Å². The van der Waals surface area contributed by atoms with Gasteiger partial charge in [0.2, 0.25) is 0 Å². The number of hydrogen-bond donors (Lipinski definition) is 1. The topological polar surface area (TPSA) is 67.8 Å². The van der Waals surface area contributed by atoms with Crippen LogP contribution >= 0.6 is 0 Å². The summed E-state index contributed by atoms with van der Waals surface area (Å²) in [5.41, 5.74) is 3.83. The minimum atomic E-state index is -0.758. The molecule has 0 aromatic carbocycles. The van der Waals surface area contributed by atoms with Crippen LogP contribution in [0, 0.1) is 23.2 Å². The van der Waals surface area contributed by atoms with Crippen LogP contribution in [0.1, 0.15) is 109 Å². The Bertz CT molecular complexity index is 400. The maximum absolute atomic E-state index is 11.1. The lowest BCUT2D eigenvalue weighted by molar-refractivity contribution is -0.423. The van der Waals surface area contributed by atoms with Crippen LogP contribution in [0.25, 0.3) is 0 Å². The fourth-order valence-electron chi connectivity index (χ4n) is 6.61. The third-order valence-corrected chi connectivity index (χ3v) is 7.70. The monoisotopic (exact) mass is 363 g/mol. The van der Waals surface area contributed by atoms with E-state index in [9.17, 15) is 9.90 Å². The lowest BCUT2D eigenvalue weighted by Crippen LogP contribution is -2.60. The Kier molecular flexibility index (Phi) is 7.43. The van der Waals surface area contributed by atoms with E-state index in [0.29, 0.717) is 17.8 Å². The predicted octanol–water partition coefficient (Wildman–Crippen LogP) is 3.85. The van der Waals surface area contributed by atoms with E-state index >= 15 is 0 Å². The van der Waals surface area contributed by atoms with Gasteiger partial charge >= 0.3 is 0 Å². The molecule has 3 N–H and O–H groups in total. The Hall–Kier alpha value is -0.570. The smallest absolute Gasteiger partial charge is 0.0843 e. The van der Waals surface area contributed by atoms with Crippen molar-refractivity contribution in [1.29, 1.82) is 0 Å². The van der Waals surface area contributed by atoms with Gasteiger partial charge in [0.1, 0.15) is 0 Å². The molecule has 0 amide bonds. The molecule has 0 atom stereocenters. The summed E-state index contributed by atoms with van der Waals surface area (Å²) in [6.45, 7) is 0. The zero-order valence-electron chi connectivity index (χ0n) is 16.9. The van der Waals surface area contributed by atoms with Crippen molar-refractivity contribution < 1.29 is 15.6 Å². The molecular formula is C23H41NO2. The number of carbonyl (C=O) groups excluding carboxylic acids is 1. The molecule has 150 valence electrons. The molecule has 26 heavy (non-hydrogen) atoms. The molecule has 5 aliphatic carbocycles. The number of carbonyl (C=O) groups is 1. The number of aliphatic carboxylic acids is 1. The molecule has 5 saturated carbocycles. The molecule has 0 spiro atoms. The minimum Gasteiger partial charge on any atom is -0.550 e. The van der Waals surface area contributed by atoms with Crippen LogP contribution in [0.3, 0.4) is 0 Å². The fourth-order valence-corrected chi connectivity index (χ4v) is 6.61. The summed E-state index contributed by atoms with van der Waals surface area (Å²) in [6.07, 6.45) is 22.5. The maximum atomic E-state index is 11.1. The standard InChI is InChI=1S/C12H25N.C11H16O2/c13-12-10-8-6-4-2-1-3-5-7-9-11-12;12-10(13)11-4-7-1-8(5-11)3-9(2-7)6-11/h12H,1-11,13H2;7-9H,1-6H2,(H,12,13). The lowest BCUT2D eigenvalue weighted by Gasteiger charge is -2.57. The molecule has 0 aromatic rings. The van der Waals surface area contributed by atoms with Gasteiger partial charge in [0.15, 0.2) is 0 Å². The second-order valence-corrected chi connectivity index (χ2v) is 10.1. The van der Waals surface area contributed by atoms with Gasteiger partial charge in [-0.3, -0.25) is 0 Å². The van der Waals surface area contributed by atoms with E-state index in [1.54, 1.807) is 0 Å². The molecule has 3 heteroatoms. The SMILES string of the molecule is O=C([O-])C12CC3CC(CC(C3)C1)C2.[NH3+]C1CCCCCCCCCCC1. The lowest BCUT2D eigenvalue weighted by atomic mass is 9.49. The van der Waals surface area contributed by atoms with E-state index in [1.165, 1.54) is 89.9 Å². The van der Waals surface area contributed by atoms with Gasteiger partial charge in [-0.2, -0.15) is 0 Å². The second-order valence-electron chi connectivity index (χ2n) is 10.1. The van der Waals surface area contributed by atoms with Gasteiger partial charge in [-0.05, 0) is 82.0 Å². The summed E-state index contributed by atoms with van der Waals surface area (Å²) in [7, 11) is 0. The van der Waals surface area contributed by atoms with E-state index in [4.69, 9.17) is 0 Å². The van der Waals surface area contributed by atoms with Crippen LogP contribution in [0.5, 0.6) is 0 Å². The Balaban J connectivity index is 0.000000151. The Morgan fingerprint density at radius 1 is 0.692 bits per heavy atom. The molecule has 5 aliphatic rings. The van der Waals surface area contributed by atoms with Crippen LogP contribution < -0.4 is 10.8 Å². The number of quaternary nitrogens is 1. The molecule has 0 saturated heterocycles. The van der Waals surface area contributed by atoms with Crippen molar-refractivity contribution in [2.24, 2.45) is 23.2 Å². The summed E-state index contributed by atoms with van der Waals surface area (Å²) >= 11 is 0. The van der Waals surface area contributed by atoms with Crippen molar-refractivity contribution in [3.63, 3.8) is 0 Å². The Morgan fingerprint density at radius 3 is 1.38 bits per heavy atom. The normalized spacial score (nSPS) is 38.6. The van der Waals surface area contributed by atoms with Crippen LogP contribution in [-0.2, 0) is 4.79 Å². The third-order valence-electron chi connectivity index (χ3n) is 7.70. The summed E-state index contributed by atoms with van der Waals surface area (Å²) in [5, 5.41) is 11.1. The molecule has 3 nitrogen and oxygen atoms in total. The molecule has 4 bridgehead atoms. The van der Waals surface area contributed by atoms with Gasteiger partial charge in [0, 0.05) is 11.4 Å². The fraction of sp³-hybridized carbons (Fsp3) is 0.957. The maximum Gasteiger partial charge on any atom is 0.0843 e. The van der Waals surface area contributed by atoms with Gasteiger partial charge < -0.3 is 15.6 Å². The number of rotatable bonds is 1. The number of carboxylic acid groups (broad SMARTS) is 1. The van der Waals surface area contributed by atoms with E-state index < -0.39 is 11.4 Å². The largest absolute Gasteiger partial charge is 0.550 e. The van der Waals surface area contributed by atoms with Crippen molar-refractivity contribution >= 4 is 5.97 Å². The van der Waals surface area contributed by atoms with Crippen molar-refractivity contribution in [2.45, 2.75) is 115 Å². The number of carboxylic acids is 1. The zero-order chi connectivity index (χ0) is 18.4. The van der Waals surface area contributed by atoms with Gasteiger partial charge in [0.25, 0.3) is 0 Å². The first-order chi connectivity index (χ1) is 12.6.